The van der Waals surface area contributed by atoms with Crippen molar-refractivity contribution in [3.63, 3.8) is 0 Å². The van der Waals surface area contributed by atoms with Gasteiger partial charge in [0.15, 0.2) is 5.69 Å². The van der Waals surface area contributed by atoms with Crippen LogP contribution in [0.15, 0.2) is 27.2 Å². The molecule has 0 aliphatic carbocycles. The number of nitrogens with one attached hydrogen (secondary N) is 1. The smallest absolute Gasteiger partial charge is 0.293 e. The summed E-state index contributed by atoms with van der Waals surface area (Å²) in [5.74, 6) is -0.185. The topological polar surface area (TPSA) is 137 Å². The quantitative estimate of drug-likeness (QED) is 0.500. The molecule has 0 atom stereocenters. The second-order valence-electron chi connectivity index (χ2n) is 5.14. The van der Waals surface area contributed by atoms with Gasteiger partial charge in [0.25, 0.3) is 5.91 Å². The third kappa shape index (κ3) is 3.40. The van der Waals surface area contributed by atoms with E-state index in [-0.39, 0.29) is 17.3 Å². The molecule has 3 aromatic rings. The van der Waals surface area contributed by atoms with Crippen LogP contribution in [-0.4, -0.2) is 36.9 Å². The maximum atomic E-state index is 12.5. The Balaban J connectivity index is 1.86. The molecule has 11 heteroatoms. The van der Waals surface area contributed by atoms with E-state index in [0.717, 1.165) is 11.3 Å². The molecule has 3 N–H and O–H groups in total. The maximum absolute atomic E-state index is 12.5. The molecule has 0 unspecified atom stereocenters. The Bertz CT molecular complexity index is 896. The summed E-state index contributed by atoms with van der Waals surface area (Å²) >= 11 is 1.54. The molecule has 130 valence electrons. The number of anilines is 1. The van der Waals surface area contributed by atoms with Crippen LogP contribution in [0.5, 0.6) is 0 Å². The lowest BCUT2D eigenvalue weighted by atomic mass is 10.2. The van der Waals surface area contributed by atoms with Gasteiger partial charge < -0.3 is 5.73 Å². The molecule has 3 rings (SSSR count). The summed E-state index contributed by atoms with van der Waals surface area (Å²) < 4.78 is 5.95. The zero-order valence-electron chi connectivity index (χ0n) is 13.6. The molecule has 0 aromatic carbocycles. The molecule has 0 aliphatic heterocycles. The summed E-state index contributed by atoms with van der Waals surface area (Å²) in [7, 11) is 0. The number of nitrogen functional groups attached to an aromatic ring is 1. The zero-order valence-corrected chi connectivity index (χ0v) is 14.4. The van der Waals surface area contributed by atoms with Gasteiger partial charge >= 0.3 is 0 Å². The number of carbonyl (C=O) groups excluding carboxylic acids is 1. The molecule has 1 amide bonds. The largest absolute Gasteiger partial charge is 0.378 e. The molecule has 25 heavy (non-hydrogen) atoms. The molecular formula is C14H16N8O2S. The van der Waals surface area contributed by atoms with Crippen molar-refractivity contribution >= 4 is 28.8 Å². The number of rotatable bonds is 6. The fourth-order valence-electron chi connectivity index (χ4n) is 2.17. The number of nitrogens with zero attached hydrogens (tertiary/aromatic N) is 6. The van der Waals surface area contributed by atoms with Crippen molar-refractivity contribution in [2.45, 2.75) is 26.7 Å². The van der Waals surface area contributed by atoms with Crippen LogP contribution in [0, 0.1) is 0 Å². The van der Waals surface area contributed by atoms with E-state index in [1.165, 1.54) is 4.68 Å². The average Bonchev–Trinajstić information content (AvgIpc) is 3.33. The van der Waals surface area contributed by atoms with Gasteiger partial charge in [0.2, 0.25) is 11.6 Å². The first-order chi connectivity index (χ1) is 12.1. The van der Waals surface area contributed by atoms with Gasteiger partial charge in [0.05, 0.1) is 11.4 Å². The van der Waals surface area contributed by atoms with E-state index >= 15 is 0 Å². The predicted octanol–water partition coefficient (Wildman–Crippen LogP) is 1.40. The normalized spacial score (nSPS) is 11.7. The highest BCUT2D eigenvalue weighted by atomic mass is 32.1. The second-order valence-corrected chi connectivity index (χ2v) is 6.08. The van der Waals surface area contributed by atoms with E-state index in [1.54, 1.807) is 11.3 Å². The first-order valence-electron chi connectivity index (χ1n) is 7.53. The number of hydrogen-bond donors (Lipinski definition) is 2. The number of amides is 1. The summed E-state index contributed by atoms with van der Waals surface area (Å²) in [6, 6.07) is 3.84. The van der Waals surface area contributed by atoms with Gasteiger partial charge in [0, 0.05) is 4.88 Å². The molecule has 0 bridgehead atoms. The van der Waals surface area contributed by atoms with Gasteiger partial charge in [-0.2, -0.15) is 9.78 Å². The summed E-state index contributed by atoms with van der Waals surface area (Å²) in [5.41, 5.74) is 9.63. The van der Waals surface area contributed by atoms with Crippen molar-refractivity contribution in [1.82, 2.24) is 30.7 Å². The van der Waals surface area contributed by atoms with Gasteiger partial charge in [-0.15, -0.1) is 16.4 Å². The van der Waals surface area contributed by atoms with Crippen molar-refractivity contribution in [3.8, 4) is 5.82 Å². The molecule has 0 saturated carbocycles. The van der Waals surface area contributed by atoms with Crippen molar-refractivity contribution in [2.75, 3.05) is 5.73 Å². The van der Waals surface area contributed by atoms with Gasteiger partial charge in [-0.25, -0.2) is 10.1 Å². The fraction of sp³-hybridized carbons (Fsp3) is 0.286. The third-order valence-corrected chi connectivity index (χ3v) is 4.34. The van der Waals surface area contributed by atoms with Crippen LogP contribution in [0.2, 0.25) is 0 Å². The second kappa shape index (κ2) is 7.21. The molecule has 3 heterocycles. The Morgan fingerprint density at radius 1 is 1.48 bits per heavy atom. The third-order valence-electron chi connectivity index (χ3n) is 3.36. The van der Waals surface area contributed by atoms with E-state index < -0.39 is 5.91 Å². The van der Waals surface area contributed by atoms with Crippen LogP contribution < -0.4 is 11.2 Å². The monoisotopic (exact) mass is 360 g/mol. The van der Waals surface area contributed by atoms with Gasteiger partial charge in [0.1, 0.15) is 0 Å². The van der Waals surface area contributed by atoms with Crippen molar-refractivity contribution in [3.05, 3.63) is 33.8 Å². The van der Waals surface area contributed by atoms with Crippen LogP contribution in [0.25, 0.3) is 5.82 Å². The van der Waals surface area contributed by atoms with Crippen LogP contribution in [0.3, 0.4) is 0 Å². The number of aromatic nitrogens is 5. The van der Waals surface area contributed by atoms with E-state index in [1.807, 2.05) is 31.4 Å². The summed E-state index contributed by atoms with van der Waals surface area (Å²) in [5, 5.41) is 21.2. The lowest BCUT2D eigenvalue weighted by molar-refractivity contribution is 0.0948. The molecule has 0 spiro atoms. The van der Waals surface area contributed by atoms with Crippen LogP contribution >= 0.6 is 11.3 Å². The van der Waals surface area contributed by atoms with E-state index in [4.69, 9.17) is 5.73 Å². The molecule has 3 aromatic heterocycles. The van der Waals surface area contributed by atoms with Crippen LogP contribution in [0.4, 0.5) is 5.82 Å². The first kappa shape index (κ1) is 16.8. The highest BCUT2D eigenvalue weighted by Gasteiger charge is 2.23. The summed E-state index contributed by atoms with van der Waals surface area (Å²) in [6.45, 7) is 3.79. The molecule has 10 nitrogen and oxygen atoms in total. The van der Waals surface area contributed by atoms with Gasteiger partial charge in [-0.05, 0) is 35.1 Å². The zero-order chi connectivity index (χ0) is 17.8. The minimum absolute atomic E-state index is 0.0702. The van der Waals surface area contributed by atoms with Crippen LogP contribution in [-0.2, 0) is 6.42 Å². The Kier molecular flexibility index (Phi) is 4.84. The van der Waals surface area contributed by atoms with Crippen LogP contribution in [0.1, 0.15) is 41.3 Å². The van der Waals surface area contributed by atoms with Crippen molar-refractivity contribution < 1.29 is 9.42 Å². The number of nitrogens with two attached hydrogens (primary N) is 1. The SMILES string of the molecule is CCCc1c(C(=O)NN=C(C)c2cccs2)nnn1-c1nonc1N. The molecule has 0 fully saturated rings. The Labute approximate surface area is 146 Å². The van der Waals surface area contributed by atoms with E-state index in [9.17, 15) is 4.79 Å². The number of thiophene rings is 1. The first-order valence-corrected chi connectivity index (χ1v) is 8.41. The van der Waals surface area contributed by atoms with E-state index in [0.29, 0.717) is 17.8 Å². The Hall–Kier alpha value is -3.08. The predicted molar refractivity (Wildman–Crippen MR) is 91.6 cm³/mol. The molecule has 0 aliphatic rings. The van der Waals surface area contributed by atoms with E-state index in [2.05, 4.69) is 35.8 Å². The average molecular weight is 360 g/mol. The highest BCUT2D eigenvalue weighted by Crippen LogP contribution is 2.17. The summed E-state index contributed by atoms with van der Waals surface area (Å²) in [6.07, 6.45) is 1.33. The standard InChI is InChI=1S/C14H16N8O2S/c1-3-5-9-11(17-21-22(9)13-12(15)19-24-20-13)14(23)18-16-8(2)10-6-4-7-25-10/h4,6-7H,3,5H2,1-2H3,(H2,15,19)(H,18,23). The summed E-state index contributed by atoms with van der Waals surface area (Å²) in [4.78, 5) is 13.4. The number of carbonyl (C=O) groups is 1. The number of hydrogen-bond acceptors (Lipinski definition) is 9. The fourth-order valence-corrected chi connectivity index (χ4v) is 2.85. The molecule has 0 saturated heterocycles. The lowest BCUT2D eigenvalue weighted by Crippen LogP contribution is -2.21. The lowest BCUT2D eigenvalue weighted by Gasteiger charge is -2.04. The molecule has 0 radical (unpaired) electrons. The van der Waals surface area contributed by atoms with Crippen molar-refractivity contribution in [2.24, 2.45) is 5.10 Å². The Morgan fingerprint density at radius 2 is 2.32 bits per heavy atom. The number of hydrazone groups is 1. The maximum Gasteiger partial charge on any atom is 0.293 e. The highest BCUT2D eigenvalue weighted by molar-refractivity contribution is 7.12. The van der Waals surface area contributed by atoms with Gasteiger partial charge in [-0.3, -0.25) is 4.79 Å². The van der Waals surface area contributed by atoms with Gasteiger partial charge in [-0.1, -0.05) is 24.6 Å². The Morgan fingerprint density at radius 3 is 2.96 bits per heavy atom. The van der Waals surface area contributed by atoms with Crippen molar-refractivity contribution in [1.29, 1.82) is 0 Å². The molecular weight excluding hydrogens is 344 g/mol. The minimum Gasteiger partial charge on any atom is -0.378 e. The minimum atomic E-state index is -0.458.